The molecule has 4 nitrogen and oxygen atoms in total. The van der Waals surface area contributed by atoms with Gasteiger partial charge in [0, 0.05) is 19.8 Å². The molecule has 0 spiro atoms. The van der Waals surface area contributed by atoms with Gasteiger partial charge in [-0.2, -0.15) is 10.1 Å². The van der Waals surface area contributed by atoms with Crippen molar-refractivity contribution in [2.45, 2.75) is 0 Å². The fourth-order valence-electron chi connectivity index (χ4n) is 2.24. The van der Waals surface area contributed by atoms with Gasteiger partial charge in [-0.05, 0) is 41.6 Å². The van der Waals surface area contributed by atoms with Gasteiger partial charge in [0.15, 0.2) is 4.32 Å². The van der Waals surface area contributed by atoms with Crippen LogP contribution in [0.1, 0.15) is 11.1 Å². The van der Waals surface area contributed by atoms with Gasteiger partial charge in [0.05, 0.1) is 11.1 Å². The Morgan fingerprint density at radius 1 is 1.04 bits per heavy atom. The third-order valence-electron chi connectivity index (χ3n) is 3.60. The van der Waals surface area contributed by atoms with Gasteiger partial charge >= 0.3 is 0 Å². The highest BCUT2D eigenvalue weighted by molar-refractivity contribution is 8.26. The van der Waals surface area contributed by atoms with E-state index in [0.29, 0.717) is 9.23 Å². The molecule has 0 saturated carbocycles. The van der Waals surface area contributed by atoms with Crippen LogP contribution < -0.4 is 4.90 Å². The topological polar surface area (TPSA) is 35.9 Å². The molecule has 3 rings (SSSR count). The van der Waals surface area contributed by atoms with E-state index in [4.69, 9.17) is 12.2 Å². The number of hydrogen-bond donors (Lipinski definition) is 0. The zero-order valence-corrected chi connectivity index (χ0v) is 15.6. The Labute approximate surface area is 156 Å². The molecule has 0 unspecified atom stereocenters. The molecule has 0 radical (unpaired) electrons. The number of thiocarbonyl (C=S) groups is 1. The summed E-state index contributed by atoms with van der Waals surface area (Å²) < 4.78 is 0.438. The zero-order chi connectivity index (χ0) is 17.8. The highest BCUT2D eigenvalue weighted by Crippen LogP contribution is 2.32. The molecule has 1 saturated heterocycles. The first-order valence-electron chi connectivity index (χ1n) is 7.69. The van der Waals surface area contributed by atoms with Crippen LogP contribution in [0, 0.1) is 0 Å². The summed E-state index contributed by atoms with van der Waals surface area (Å²) in [6, 6.07) is 17.6. The van der Waals surface area contributed by atoms with Crippen molar-refractivity contribution in [3.63, 3.8) is 0 Å². The minimum absolute atomic E-state index is 0.194. The Bertz CT molecular complexity index is 843. The first-order valence-corrected chi connectivity index (χ1v) is 8.91. The standard InChI is InChI=1S/C19H17N3OS2/c1-21(2)16-10-8-15(9-11-16)13-20-22-18(23)17(25-19(22)24)12-14-6-4-3-5-7-14/h3-13H,1-2H3/b17-12-,20-13-. The second-order valence-electron chi connectivity index (χ2n) is 5.63. The number of thioether (sulfide) groups is 1. The average Bonchev–Trinajstić information content (AvgIpc) is 2.88. The van der Waals surface area contributed by atoms with Crippen molar-refractivity contribution in [3.8, 4) is 0 Å². The lowest BCUT2D eigenvalue weighted by atomic mass is 10.2. The number of amides is 1. The van der Waals surface area contributed by atoms with Crippen LogP contribution in [0.5, 0.6) is 0 Å². The third kappa shape index (κ3) is 4.15. The summed E-state index contributed by atoms with van der Waals surface area (Å²) in [5.41, 5.74) is 2.98. The maximum atomic E-state index is 12.5. The SMILES string of the molecule is CN(C)c1ccc(/C=N\N2C(=O)/C(=C/c3ccccc3)SC2=S)cc1. The number of anilines is 1. The lowest BCUT2D eigenvalue weighted by molar-refractivity contribution is -0.122. The Balaban J connectivity index is 1.75. The van der Waals surface area contributed by atoms with Crippen LogP contribution in [-0.2, 0) is 4.79 Å². The number of hydrogen-bond acceptors (Lipinski definition) is 5. The van der Waals surface area contributed by atoms with Crippen LogP contribution >= 0.6 is 24.0 Å². The minimum atomic E-state index is -0.194. The number of rotatable bonds is 4. The van der Waals surface area contributed by atoms with Gasteiger partial charge in [-0.3, -0.25) is 4.79 Å². The van der Waals surface area contributed by atoms with Crippen molar-refractivity contribution in [1.29, 1.82) is 0 Å². The van der Waals surface area contributed by atoms with Gasteiger partial charge in [0.2, 0.25) is 0 Å². The summed E-state index contributed by atoms with van der Waals surface area (Å²) in [5, 5.41) is 5.54. The molecule has 1 fully saturated rings. The molecule has 1 amide bonds. The van der Waals surface area contributed by atoms with E-state index in [1.54, 1.807) is 6.21 Å². The van der Waals surface area contributed by atoms with Crippen LogP contribution in [-0.4, -0.2) is 35.5 Å². The van der Waals surface area contributed by atoms with Gasteiger partial charge in [0.25, 0.3) is 5.91 Å². The zero-order valence-electron chi connectivity index (χ0n) is 13.9. The Hall–Kier alpha value is -2.44. The molecule has 0 aromatic heterocycles. The first-order chi connectivity index (χ1) is 12.0. The molecular formula is C19H17N3OS2. The summed E-state index contributed by atoms with van der Waals surface area (Å²) in [4.78, 5) is 15.1. The van der Waals surface area contributed by atoms with Crippen molar-refractivity contribution in [1.82, 2.24) is 5.01 Å². The van der Waals surface area contributed by atoms with Crippen LogP contribution in [0.15, 0.2) is 64.6 Å². The summed E-state index contributed by atoms with van der Waals surface area (Å²) in [6.45, 7) is 0. The third-order valence-corrected chi connectivity index (χ3v) is 4.89. The predicted molar refractivity (Wildman–Crippen MR) is 110 cm³/mol. The molecule has 1 aliphatic heterocycles. The fraction of sp³-hybridized carbons (Fsp3) is 0.105. The molecule has 0 bridgehead atoms. The molecule has 1 heterocycles. The monoisotopic (exact) mass is 367 g/mol. The normalized spacial score (nSPS) is 16.2. The quantitative estimate of drug-likeness (QED) is 0.465. The number of hydrazone groups is 1. The van der Waals surface area contributed by atoms with Crippen molar-refractivity contribution in [3.05, 3.63) is 70.6 Å². The van der Waals surface area contributed by atoms with Crippen molar-refractivity contribution in [2.24, 2.45) is 5.10 Å². The molecule has 6 heteroatoms. The molecule has 0 atom stereocenters. The molecule has 2 aromatic rings. The summed E-state index contributed by atoms with van der Waals surface area (Å²) in [7, 11) is 3.98. The molecule has 0 aliphatic carbocycles. The molecule has 25 heavy (non-hydrogen) atoms. The maximum Gasteiger partial charge on any atom is 0.286 e. The smallest absolute Gasteiger partial charge is 0.286 e. The average molecular weight is 367 g/mol. The van der Waals surface area contributed by atoms with Crippen molar-refractivity contribution in [2.75, 3.05) is 19.0 Å². The van der Waals surface area contributed by atoms with E-state index in [1.165, 1.54) is 16.8 Å². The number of carbonyl (C=O) groups is 1. The van der Waals surface area contributed by atoms with E-state index in [2.05, 4.69) is 5.10 Å². The number of carbonyl (C=O) groups excluding carboxylic acids is 1. The van der Waals surface area contributed by atoms with Crippen LogP contribution in [0.3, 0.4) is 0 Å². The van der Waals surface area contributed by atoms with E-state index in [-0.39, 0.29) is 5.91 Å². The lowest BCUT2D eigenvalue weighted by Crippen LogP contribution is -2.22. The van der Waals surface area contributed by atoms with Gasteiger partial charge in [-0.1, -0.05) is 54.2 Å². The van der Waals surface area contributed by atoms with E-state index in [9.17, 15) is 4.79 Å². The van der Waals surface area contributed by atoms with Gasteiger partial charge < -0.3 is 4.90 Å². The number of nitrogens with zero attached hydrogens (tertiary/aromatic N) is 3. The van der Waals surface area contributed by atoms with Crippen LogP contribution in [0.25, 0.3) is 6.08 Å². The highest BCUT2D eigenvalue weighted by atomic mass is 32.2. The molecule has 0 N–H and O–H groups in total. The molecular weight excluding hydrogens is 350 g/mol. The van der Waals surface area contributed by atoms with Crippen molar-refractivity contribution >= 4 is 52.2 Å². The lowest BCUT2D eigenvalue weighted by Gasteiger charge is -2.12. The Morgan fingerprint density at radius 2 is 1.72 bits per heavy atom. The van der Waals surface area contributed by atoms with Gasteiger partial charge in [0.1, 0.15) is 0 Å². The largest absolute Gasteiger partial charge is 0.378 e. The summed E-state index contributed by atoms with van der Waals surface area (Å²) >= 11 is 6.55. The maximum absolute atomic E-state index is 12.5. The molecule has 2 aromatic carbocycles. The van der Waals surface area contributed by atoms with E-state index in [0.717, 1.165) is 16.8 Å². The predicted octanol–water partition coefficient (Wildman–Crippen LogP) is 3.99. The van der Waals surface area contributed by atoms with E-state index in [1.807, 2.05) is 79.7 Å². The first kappa shape index (κ1) is 17.4. The fourth-order valence-corrected chi connectivity index (χ4v) is 3.42. The van der Waals surface area contributed by atoms with Crippen LogP contribution in [0.2, 0.25) is 0 Å². The van der Waals surface area contributed by atoms with Crippen molar-refractivity contribution < 1.29 is 4.79 Å². The molecule has 1 aliphatic rings. The highest BCUT2D eigenvalue weighted by Gasteiger charge is 2.31. The Kier molecular flexibility index (Phi) is 5.31. The number of benzene rings is 2. The second-order valence-corrected chi connectivity index (χ2v) is 7.31. The van der Waals surface area contributed by atoms with Crippen LogP contribution in [0.4, 0.5) is 5.69 Å². The molecule has 126 valence electrons. The summed E-state index contributed by atoms with van der Waals surface area (Å²) in [6.07, 6.45) is 3.48. The minimum Gasteiger partial charge on any atom is -0.378 e. The van der Waals surface area contributed by atoms with Gasteiger partial charge in [-0.25, -0.2) is 0 Å². The van der Waals surface area contributed by atoms with Gasteiger partial charge in [-0.15, -0.1) is 0 Å². The van der Waals surface area contributed by atoms with E-state index >= 15 is 0 Å². The Morgan fingerprint density at radius 3 is 2.36 bits per heavy atom. The van der Waals surface area contributed by atoms with E-state index < -0.39 is 0 Å². The second kappa shape index (κ2) is 7.63. The summed E-state index contributed by atoms with van der Waals surface area (Å²) in [5.74, 6) is -0.194.